The Morgan fingerprint density at radius 2 is 2.07 bits per heavy atom. The second kappa shape index (κ2) is 8.87. The summed E-state index contributed by atoms with van der Waals surface area (Å²) in [6.45, 7) is 11.4. The molecule has 0 aliphatic carbocycles. The summed E-state index contributed by atoms with van der Waals surface area (Å²) in [6, 6.07) is 7.38. The van der Waals surface area contributed by atoms with Crippen LogP contribution in [0.5, 0.6) is 5.75 Å². The Bertz CT molecular complexity index is 870. The predicted octanol–water partition coefficient (Wildman–Crippen LogP) is 3.20. The van der Waals surface area contributed by atoms with Crippen molar-refractivity contribution in [3.05, 3.63) is 35.4 Å². The van der Waals surface area contributed by atoms with E-state index >= 15 is 0 Å². The smallest absolute Gasteiger partial charge is 0.407 e. The number of phenols is 1. The highest BCUT2D eigenvalue weighted by molar-refractivity contribution is 5.71. The van der Waals surface area contributed by atoms with Crippen LogP contribution in [0.1, 0.15) is 31.9 Å². The minimum absolute atomic E-state index is 0.0825. The van der Waals surface area contributed by atoms with E-state index in [0.717, 1.165) is 11.1 Å². The molecular weight excluding hydrogens is 384 g/mol. The van der Waals surface area contributed by atoms with E-state index in [1.54, 1.807) is 6.07 Å². The van der Waals surface area contributed by atoms with Crippen LogP contribution in [0, 0.1) is 13.8 Å². The third kappa shape index (κ3) is 5.38. The molecule has 1 fully saturated rings. The van der Waals surface area contributed by atoms with Gasteiger partial charge in [-0.15, -0.1) is 10.2 Å². The molecule has 1 aromatic heterocycles. The van der Waals surface area contributed by atoms with Gasteiger partial charge in [-0.1, -0.05) is 6.07 Å². The van der Waals surface area contributed by atoms with E-state index in [2.05, 4.69) is 20.4 Å². The molecule has 1 amide bonds. The Morgan fingerprint density at radius 1 is 1.30 bits per heavy atom. The second-order valence-corrected chi connectivity index (χ2v) is 8.56. The van der Waals surface area contributed by atoms with Crippen LogP contribution in [0.2, 0.25) is 0 Å². The summed E-state index contributed by atoms with van der Waals surface area (Å²) in [5.41, 5.74) is 2.69. The largest absolute Gasteiger partial charge is 0.507 e. The van der Waals surface area contributed by atoms with Crippen LogP contribution in [0.3, 0.4) is 0 Å². The van der Waals surface area contributed by atoms with Crippen LogP contribution < -0.4 is 10.2 Å². The van der Waals surface area contributed by atoms with Gasteiger partial charge in [-0.05, 0) is 63.9 Å². The van der Waals surface area contributed by atoms with Crippen LogP contribution in [-0.2, 0) is 9.47 Å². The number of benzene rings is 1. The van der Waals surface area contributed by atoms with Gasteiger partial charge in [0.05, 0.1) is 24.9 Å². The van der Waals surface area contributed by atoms with Gasteiger partial charge >= 0.3 is 6.09 Å². The fourth-order valence-electron chi connectivity index (χ4n) is 3.53. The van der Waals surface area contributed by atoms with Crippen molar-refractivity contribution in [1.82, 2.24) is 15.5 Å². The number of nitrogens with zero attached hydrogens (tertiary/aromatic N) is 3. The Kier molecular flexibility index (Phi) is 6.45. The van der Waals surface area contributed by atoms with Crippen molar-refractivity contribution in [2.45, 2.75) is 46.3 Å². The zero-order valence-electron chi connectivity index (χ0n) is 18.2. The van der Waals surface area contributed by atoms with E-state index < -0.39 is 11.7 Å². The van der Waals surface area contributed by atoms with E-state index in [9.17, 15) is 9.90 Å². The summed E-state index contributed by atoms with van der Waals surface area (Å²) >= 11 is 0. The normalized spacial score (nSPS) is 17.0. The van der Waals surface area contributed by atoms with Crippen molar-refractivity contribution in [3.8, 4) is 17.0 Å². The molecule has 2 N–H and O–H groups in total. The molecule has 1 aliphatic rings. The molecule has 162 valence electrons. The molecule has 2 heterocycles. The number of amides is 1. The van der Waals surface area contributed by atoms with Gasteiger partial charge in [0.25, 0.3) is 0 Å². The van der Waals surface area contributed by atoms with Crippen molar-refractivity contribution in [2.24, 2.45) is 0 Å². The molecule has 0 spiro atoms. The average Bonchev–Trinajstić information content (AvgIpc) is 2.65. The number of anilines is 1. The molecule has 8 heteroatoms. The first kappa shape index (κ1) is 21.8. The first-order valence-electron chi connectivity index (χ1n) is 10.1. The molecule has 0 unspecified atom stereocenters. The van der Waals surface area contributed by atoms with Crippen LogP contribution in [0.4, 0.5) is 10.6 Å². The quantitative estimate of drug-likeness (QED) is 0.793. The first-order valence-corrected chi connectivity index (χ1v) is 10.1. The molecule has 2 aromatic rings. The molecule has 1 aromatic carbocycles. The summed E-state index contributed by atoms with van der Waals surface area (Å²) in [6.07, 6.45) is -0.459. The van der Waals surface area contributed by atoms with Gasteiger partial charge in [-0.25, -0.2) is 4.79 Å². The number of aryl methyl sites for hydroxylation is 2. The van der Waals surface area contributed by atoms with Crippen LogP contribution >= 0.6 is 0 Å². The van der Waals surface area contributed by atoms with E-state index in [0.29, 0.717) is 43.4 Å². The maximum atomic E-state index is 12.0. The maximum absolute atomic E-state index is 12.0. The number of morpholine rings is 1. The number of hydrogen-bond acceptors (Lipinski definition) is 7. The standard InChI is InChI=1S/C22H30N4O4/c1-14-10-15(2)20(18(27)11-14)17-6-7-19(25-24-17)26-8-9-29-13-16(26)12-23-21(28)30-22(3,4)5/h6-7,10-11,16,27H,8-9,12-13H2,1-5H3,(H,23,28)/t16-/m0/s1. The van der Waals surface area contributed by atoms with E-state index in [1.165, 1.54) is 0 Å². The highest BCUT2D eigenvalue weighted by Gasteiger charge is 2.26. The predicted molar refractivity (Wildman–Crippen MR) is 115 cm³/mol. The summed E-state index contributed by atoms with van der Waals surface area (Å²) in [5, 5.41) is 21.9. The first-order chi connectivity index (χ1) is 14.1. The van der Waals surface area contributed by atoms with Crippen LogP contribution in [-0.4, -0.2) is 59.3 Å². The molecule has 8 nitrogen and oxygen atoms in total. The molecule has 30 heavy (non-hydrogen) atoms. The van der Waals surface area contributed by atoms with Crippen molar-refractivity contribution in [1.29, 1.82) is 0 Å². The number of carbonyl (C=O) groups excluding carboxylic acids is 1. The lowest BCUT2D eigenvalue weighted by Gasteiger charge is -2.36. The Hall–Kier alpha value is -2.87. The van der Waals surface area contributed by atoms with Gasteiger partial charge in [-0.3, -0.25) is 0 Å². The third-order valence-corrected chi connectivity index (χ3v) is 4.77. The zero-order chi connectivity index (χ0) is 21.9. The molecule has 0 radical (unpaired) electrons. The number of rotatable bonds is 4. The lowest BCUT2D eigenvalue weighted by Crippen LogP contribution is -2.52. The number of phenolic OH excluding ortho intramolecular Hbond substituents is 1. The number of alkyl carbamates (subject to hydrolysis) is 1. The monoisotopic (exact) mass is 414 g/mol. The number of nitrogens with one attached hydrogen (secondary N) is 1. The Balaban J connectivity index is 1.73. The van der Waals surface area contributed by atoms with Gasteiger partial charge in [0.2, 0.25) is 0 Å². The SMILES string of the molecule is Cc1cc(C)c(-c2ccc(N3CCOC[C@@H]3CNC(=O)OC(C)(C)C)nn2)c(O)c1. The minimum atomic E-state index is -0.548. The van der Waals surface area contributed by atoms with E-state index in [1.807, 2.05) is 52.8 Å². The van der Waals surface area contributed by atoms with E-state index in [4.69, 9.17) is 9.47 Å². The van der Waals surface area contributed by atoms with Crippen molar-refractivity contribution < 1.29 is 19.4 Å². The molecule has 1 saturated heterocycles. The maximum Gasteiger partial charge on any atom is 0.407 e. The second-order valence-electron chi connectivity index (χ2n) is 8.56. The van der Waals surface area contributed by atoms with Crippen molar-refractivity contribution >= 4 is 11.9 Å². The number of hydrogen-bond donors (Lipinski definition) is 2. The summed E-state index contributed by atoms with van der Waals surface area (Å²) in [5.74, 6) is 0.891. The van der Waals surface area contributed by atoms with Crippen LogP contribution in [0.15, 0.2) is 24.3 Å². The molecule has 1 atom stereocenters. The topological polar surface area (TPSA) is 96.8 Å². The number of carbonyl (C=O) groups is 1. The number of ether oxygens (including phenoxy) is 2. The lowest BCUT2D eigenvalue weighted by atomic mass is 10.0. The summed E-state index contributed by atoms with van der Waals surface area (Å²) < 4.78 is 10.9. The van der Waals surface area contributed by atoms with Crippen LogP contribution in [0.25, 0.3) is 11.3 Å². The third-order valence-electron chi connectivity index (χ3n) is 4.77. The van der Waals surface area contributed by atoms with Crippen molar-refractivity contribution in [2.75, 3.05) is 31.2 Å². The lowest BCUT2D eigenvalue weighted by molar-refractivity contribution is 0.0497. The molecule has 1 aliphatic heterocycles. The van der Waals surface area contributed by atoms with Gasteiger partial charge in [0, 0.05) is 18.7 Å². The van der Waals surface area contributed by atoms with Gasteiger partial charge in [0.1, 0.15) is 11.4 Å². The molecule has 0 bridgehead atoms. The fourth-order valence-corrected chi connectivity index (χ4v) is 3.53. The fraction of sp³-hybridized carbons (Fsp3) is 0.500. The van der Waals surface area contributed by atoms with Crippen molar-refractivity contribution in [3.63, 3.8) is 0 Å². The highest BCUT2D eigenvalue weighted by atomic mass is 16.6. The number of aromatic hydroxyl groups is 1. The number of aromatic nitrogens is 2. The highest BCUT2D eigenvalue weighted by Crippen LogP contribution is 2.32. The average molecular weight is 415 g/mol. The van der Waals surface area contributed by atoms with Gasteiger partial charge in [0.15, 0.2) is 5.82 Å². The molecule has 0 saturated carbocycles. The molecular formula is C22H30N4O4. The summed E-state index contributed by atoms with van der Waals surface area (Å²) in [7, 11) is 0. The Labute approximate surface area is 177 Å². The summed E-state index contributed by atoms with van der Waals surface area (Å²) in [4.78, 5) is 14.1. The zero-order valence-corrected chi connectivity index (χ0v) is 18.2. The minimum Gasteiger partial charge on any atom is -0.507 e. The Morgan fingerprint density at radius 3 is 2.70 bits per heavy atom. The van der Waals surface area contributed by atoms with Gasteiger partial charge < -0.3 is 24.8 Å². The van der Waals surface area contributed by atoms with Gasteiger partial charge in [-0.2, -0.15) is 0 Å². The van der Waals surface area contributed by atoms with E-state index in [-0.39, 0.29) is 11.8 Å². The molecule has 3 rings (SSSR count).